The maximum absolute atomic E-state index is 12.9. The lowest BCUT2D eigenvalue weighted by molar-refractivity contribution is 0.102. The lowest BCUT2D eigenvalue weighted by Gasteiger charge is -2.26. The van der Waals surface area contributed by atoms with Gasteiger partial charge in [0.15, 0.2) is 5.78 Å². The fraction of sp³-hybridized carbons (Fsp3) is 0.192. The zero-order valence-electron chi connectivity index (χ0n) is 17.3. The molecule has 1 unspecified atom stereocenters. The summed E-state index contributed by atoms with van der Waals surface area (Å²) in [6.07, 6.45) is 5.78. The van der Waals surface area contributed by atoms with Crippen molar-refractivity contribution in [1.29, 1.82) is 0 Å². The number of ether oxygens (including phenoxy) is 2. The van der Waals surface area contributed by atoms with E-state index in [9.17, 15) is 4.79 Å². The molecule has 0 aromatic heterocycles. The van der Waals surface area contributed by atoms with Gasteiger partial charge in [0.1, 0.15) is 11.9 Å². The van der Waals surface area contributed by atoms with E-state index in [0.29, 0.717) is 16.9 Å². The number of ketones is 1. The van der Waals surface area contributed by atoms with Crippen LogP contribution in [0.2, 0.25) is 0 Å². The zero-order chi connectivity index (χ0) is 20.8. The van der Waals surface area contributed by atoms with Crippen LogP contribution in [-0.2, 0) is 9.47 Å². The molecule has 0 fully saturated rings. The van der Waals surface area contributed by atoms with Crippen molar-refractivity contribution in [2.45, 2.75) is 20.0 Å². The van der Waals surface area contributed by atoms with E-state index < -0.39 is 0 Å². The van der Waals surface area contributed by atoms with Crippen LogP contribution in [-0.4, -0.2) is 26.1 Å². The van der Waals surface area contributed by atoms with Crippen molar-refractivity contribution in [1.82, 2.24) is 0 Å². The Kier molecular flexibility index (Phi) is 6.63. The van der Waals surface area contributed by atoms with Gasteiger partial charge in [-0.05, 0) is 36.6 Å². The van der Waals surface area contributed by atoms with Gasteiger partial charge in [-0.15, -0.1) is 0 Å². The van der Waals surface area contributed by atoms with Crippen molar-refractivity contribution in [3.63, 3.8) is 0 Å². The number of carbonyl (C=O) groups excluding carboxylic acids is 1. The van der Waals surface area contributed by atoms with Gasteiger partial charge in [0.05, 0.1) is 7.11 Å². The molecule has 3 nitrogen and oxygen atoms in total. The molecule has 148 valence electrons. The van der Waals surface area contributed by atoms with Gasteiger partial charge in [-0.3, -0.25) is 4.79 Å². The molecule has 2 aromatic carbocycles. The largest absolute Gasteiger partial charge is 0.497 e. The monoisotopic (exact) mass is 386 g/mol. The Morgan fingerprint density at radius 3 is 2.10 bits per heavy atom. The number of hydrogen-bond donors (Lipinski definition) is 0. The first-order valence-corrected chi connectivity index (χ1v) is 9.60. The third-order valence-electron chi connectivity index (χ3n) is 5.18. The minimum atomic E-state index is -0.338. The molecule has 0 N–H and O–H groups in total. The smallest absolute Gasteiger partial charge is 0.189 e. The fourth-order valence-electron chi connectivity index (χ4n) is 3.46. The Labute approximate surface area is 172 Å². The highest BCUT2D eigenvalue weighted by atomic mass is 16.5. The molecule has 1 aliphatic carbocycles. The molecule has 0 heterocycles. The molecule has 29 heavy (non-hydrogen) atoms. The summed E-state index contributed by atoms with van der Waals surface area (Å²) in [5.41, 5.74) is 5.22. The number of hydrogen-bond acceptors (Lipinski definition) is 3. The van der Waals surface area contributed by atoms with Crippen LogP contribution in [0.25, 0.3) is 6.08 Å². The SMILES string of the molecule is COC1=C(C(C)=C(C)C(=O)c2ccccc2)C=CC(=Cc2ccccc2)C1OC. The van der Waals surface area contributed by atoms with Crippen LogP contribution in [0, 0.1) is 0 Å². The van der Waals surface area contributed by atoms with Gasteiger partial charge in [-0.1, -0.05) is 72.8 Å². The summed E-state index contributed by atoms with van der Waals surface area (Å²) in [5.74, 6) is 0.717. The second-order valence-corrected chi connectivity index (χ2v) is 6.93. The maximum Gasteiger partial charge on any atom is 0.189 e. The molecule has 1 atom stereocenters. The third kappa shape index (κ3) is 4.47. The zero-order valence-corrected chi connectivity index (χ0v) is 17.3. The average molecular weight is 386 g/mol. The quantitative estimate of drug-likeness (QED) is 0.467. The van der Waals surface area contributed by atoms with Crippen LogP contribution < -0.4 is 0 Å². The molecule has 0 amide bonds. The summed E-state index contributed by atoms with van der Waals surface area (Å²) in [5, 5.41) is 0. The van der Waals surface area contributed by atoms with Crippen molar-refractivity contribution in [2.75, 3.05) is 14.2 Å². The van der Waals surface area contributed by atoms with E-state index in [1.165, 1.54) is 0 Å². The van der Waals surface area contributed by atoms with Crippen molar-refractivity contribution in [3.8, 4) is 0 Å². The number of Topliss-reactive ketones (excluding diaryl/α,β-unsaturated/α-hetero) is 1. The van der Waals surface area contributed by atoms with Gasteiger partial charge in [0.2, 0.25) is 0 Å². The Hall–Kier alpha value is -3.17. The van der Waals surface area contributed by atoms with Crippen molar-refractivity contribution >= 4 is 11.9 Å². The van der Waals surface area contributed by atoms with Crippen LogP contribution in [0.15, 0.2) is 101 Å². The number of benzene rings is 2. The molecule has 0 saturated carbocycles. The van der Waals surface area contributed by atoms with E-state index in [1.807, 2.05) is 86.7 Å². The molecule has 0 spiro atoms. The average Bonchev–Trinajstić information content (AvgIpc) is 2.78. The summed E-state index contributed by atoms with van der Waals surface area (Å²) >= 11 is 0. The summed E-state index contributed by atoms with van der Waals surface area (Å²) in [4.78, 5) is 12.9. The molecular formula is C26H26O3. The minimum Gasteiger partial charge on any atom is -0.497 e. The Morgan fingerprint density at radius 2 is 1.52 bits per heavy atom. The van der Waals surface area contributed by atoms with Crippen LogP contribution >= 0.6 is 0 Å². The number of rotatable bonds is 6. The Morgan fingerprint density at radius 1 is 0.897 bits per heavy atom. The Balaban J connectivity index is 2.01. The van der Waals surface area contributed by atoms with Crippen molar-refractivity contribution in [2.24, 2.45) is 0 Å². The molecule has 3 heteroatoms. The third-order valence-corrected chi connectivity index (χ3v) is 5.18. The fourth-order valence-corrected chi connectivity index (χ4v) is 3.46. The van der Waals surface area contributed by atoms with Crippen LogP contribution in [0.1, 0.15) is 29.8 Å². The van der Waals surface area contributed by atoms with E-state index in [-0.39, 0.29) is 11.9 Å². The summed E-state index contributed by atoms with van der Waals surface area (Å²) in [6, 6.07) is 19.4. The normalized spacial score (nSPS) is 18.6. The molecule has 2 aromatic rings. The van der Waals surface area contributed by atoms with E-state index in [4.69, 9.17) is 9.47 Å². The van der Waals surface area contributed by atoms with Crippen molar-refractivity contribution in [3.05, 3.63) is 112 Å². The van der Waals surface area contributed by atoms with E-state index in [2.05, 4.69) is 6.08 Å². The highest BCUT2D eigenvalue weighted by Gasteiger charge is 2.27. The highest BCUT2D eigenvalue weighted by Crippen LogP contribution is 2.33. The van der Waals surface area contributed by atoms with Gasteiger partial charge >= 0.3 is 0 Å². The first kappa shape index (κ1) is 20.6. The summed E-state index contributed by atoms with van der Waals surface area (Å²) in [6.45, 7) is 3.81. The van der Waals surface area contributed by atoms with Crippen LogP contribution in [0.3, 0.4) is 0 Å². The predicted molar refractivity (Wildman–Crippen MR) is 118 cm³/mol. The topological polar surface area (TPSA) is 35.5 Å². The Bertz CT molecular complexity index is 993. The van der Waals surface area contributed by atoms with Gasteiger partial charge < -0.3 is 9.47 Å². The lowest BCUT2D eigenvalue weighted by Crippen LogP contribution is -2.22. The molecule has 0 saturated heterocycles. The second kappa shape index (κ2) is 9.35. The molecule has 1 aliphatic rings. The van der Waals surface area contributed by atoms with Gasteiger partial charge in [-0.25, -0.2) is 0 Å². The highest BCUT2D eigenvalue weighted by molar-refractivity contribution is 6.09. The first-order valence-electron chi connectivity index (χ1n) is 9.60. The van der Waals surface area contributed by atoms with Crippen LogP contribution in [0.5, 0.6) is 0 Å². The van der Waals surface area contributed by atoms with E-state index >= 15 is 0 Å². The van der Waals surface area contributed by atoms with Crippen molar-refractivity contribution < 1.29 is 14.3 Å². The number of allylic oxidation sites excluding steroid dienone is 4. The number of methoxy groups -OCH3 is 2. The molecular weight excluding hydrogens is 360 g/mol. The summed E-state index contributed by atoms with van der Waals surface area (Å²) in [7, 11) is 3.31. The van der Waals surface area contributed by atoms with Gasteiger partial charge in [-0.2, -0.15) is 0 Å². The molecule has 0 bridgehead atoms. The van der Waals surface area contributed by atoms with E-state index in [0.717, 1.165) is 22.3 Å². The summed E-state index contributed by atoms with van der Waals surface area (Å²) < 4.78 is 11.5. The standard InChI is InChI=1S/C26H26O3/c1-18(19(2)24(27)21-13-9-6-10-14-21)23-16-15-22(25(28-3)26(23)29-4)17-20-11-7-5-8-12-20/h5-17,25H,1-4H3. The number of carbonyl (C=O) groups is 1. The second-order valence-electron chi connectivity index (χ2n) is 6.93. The van der Waals surface area contributed by atoms with Crippen LogP contribution in [0.4, 0.5) is 0 Å². The first-order chi connectivity index (χ1) is 14.1. The predicted octanol–water partition coefficient (Wildman–Crippen LogP) is 5.77. The maximum atomic E-state index is 12.9. The molecule has 3 rings (SSSR count). The van der Waals surface area contributed by atoms with Gasteiger partial charge in [0.25, 0.3) is 0 Å². The lowest BCUT2D eigenvalue weighted by atomic mass is 9.88. The van der Waals surface area contributed by atoms with E-state index in [1.54, 1.807) is 14.2 Å². The van der Waals surface area contributed by atoms with Gasteiger partial charge in [0, 0.05) is 23.8 Å². The molecule has 0 radical (unpaired) electrons. The minimum absolute atomic E-state index is 0.0130. The molecule has 0 aliphatic heterocycles.